The lowest BCUT2D eigenvalue weighted by molar-refractivity contribution is 0.922. The molecule has 0 atom stereocenters. The van der Waals surface area contributed by atoms with E-state index in [-0.39, 0.29) is 0 Å². The van der Waals surface area contributed by atoms with E-state index in [1.165, 1.54) is 0 Å². The normalized spacial score (nSPS) is 10.7. The van der Waals surface area contributed by atoms with Gasteiger partial charge in [-0.15, -0.1) is 0 Å². The molecule has 1 heterocycles. The number of imidazole rings is 1. The largest absolute Gasteiger partial charge is 0.337 e. The molecule has 0 aliphatic rings. The molecule has 2 nitrogen and oxygen atoms in total. The van der Waals surface area contributed by atoms with E-state index in [0.29, 0.717) is 9.79 Å². The quantitative estimate of drug-likeness (QED) is 0.808. The Balaban J connectivity index is 2.67. The molecule has 0 amide bonds. The van der Waals surface area contributed by atoms with E-state index < -0.39 is 0 Å². The van der Waals surface area contributed by atoms with Crippen molar-refractivity contribution < 1.29 is 0 Å². The number of aryl methyl sites for hydroxylation is 1. The van der Waals surface area contributed by atoms with Gasteiger partial charge < -0.3 is 4.98 Å². The summed E-state index contributed by atoms with van der Waals surface area (Å²) in [6, 6.07) is 5.77. The van der Waals surface area contributed by atoms with Crippen LogP contribution in [-0.2, 0) is 6.42 Å². The van der Waals surface area contributed by atoms with Gasteiger partial charge >= 0.3 is 0 Å². The molecular formula is C11H10BrClN2S. The van der Waals surface area contributed by atoms with Crippen molar-refractivity contribution in [1.82, 2.24) is 9.55 Å². The van der Waals surface area contributed by atoms with Gasteiger partial charge in [0, 0.05) is 16.4 Å². The molecule has 84 valence electrons. The van der Waals surface area contributed by atoms with Gasteiger partial charge in [0.15, 0.2) is 4.77 Å². The zero-order valence-electron chi connectivity index (χ0n) is 8.63. The van der Waals surface area contributed by atoms with Gasteiger partial charge in [-0.3, -0.25) is 4.57 Å². The van der Waals surface area contributed by atoms with Crippen LogP contribution in [0.5, 0.6) is 0 Å². The first-order chi connectivity index (χ1) is 7.63. The zero-order chi connectivity index (χ0) is 11.7. The third-order valence-corrected chi connectivity index (χ3v) is 3.46. The zero-order valence-corrected chi connectivity index (χ0v) is 11.8. The van der Waals surface area contributed by atoms with Gasteiger partial charge in [-0.2, -0.15) is 0 Å². The summed E-state index contributed by atoms with van der Waals surface area (Å²) in [5.41, 5.74) is 2.03. The first-order valence-electron chi connectivity index (χ1n) is 4.88. The molecule has 0 spiro atoms. The number of hydrogen-bond donors (Lipinski definition) is 1. The highest BCUT2D eigenvalue weighted by atomic mass is 79.9. The van der Waals surface area contributed by atoms with E-state index >= 15 is 0 Å². The van der Waals surface area contributed by atoms with Crippen LogP contribution in [0.15, 0.2) is 28.9 Å². The summed E-state index contributed by atoms with van der Waals surface area (Å²) in [5, 5.41) is 0.680. The van der Waals surface area contributed by atoms with Gasteiger partial charge in [-0.05, 0) is 36.8 Å². The van der Waals surface area contributed by atoms with Gasteiger partial charge in [0.25, 0.3) is 0 Å². The Morgan fingerprint density at radius 2 is 2.25 bits per heavy atom. The van der Waals surface area contributed by atoms with E-state index in [1.54, 1.807) is 0 Å². The Bertz CT molecular complexity index is 574. The second-order valence-electron chi connectivity index (χ2n) is 3.37. The standard InChI is InChI=1S/C11H10BrClN2S/c1-2-8-6-14-11(16)15(8)10-4-3-7(12)5-9(10)13/h3-6H,2H2,1H3,(H,14,16). The Kier molecular flexibility index (Phi) is 3.52. The SMILES string of the molecule is CCc1c[nH]c(=S)n1-c1ccc(Br)cc1Cl. The van der Waals surface area contributed by atoms with Crippen molar-refractivity contribution in [3.05, 3.63) is 44.4 Å². The smallest absolute Gasteiger partial charge is 0.182 e. The van der Waals surface area contributed by atoms with Crippen LogP contribution >= 0.6 is 39.7 Å². The third-order valence-electron chi connectivity index (χ3n) is 2.37. The maximum absolute atomic E-state index is 6.21. The van der Waals surface area contributed by atoms with Gasteiger partial charge in [0.1, 0.15) is 0 Å². The van der Waals surface area contributed by atoms with Crippen molar-refractivity contribution in [3.8, 4) is 5.69 Å². The predicted molar refractivity (Wildman–Crippen MR) is 73.0 cm³/mol. The van der Waals surface area contributed by atoms with Crippen LogP contribution in [0.4, 0.5) is 0 Å². The molecule has 2 rings (SSSR count). The molecule has 0 saturated carbocycles. The van der Waals surface area contributed by atoms with Gasteiger partial charge in [-0.25, -0.2) is 0 Å². The number of hydrogen-bond acceptors (Lipinski definition) is 1. The highest BCUT2D eigenvalue weighted by Gasteiger charge is 2.08. The molecule has 0 saturated heterocycles. The van der Waals surface area contributed by atoms with Crippen molar-refractivity contribution in [2.24, 2.45) is 0 Å². The molecule has 5 heteroatoms. The second-order valence-corrected chi connectivity index (χ2v) is 5.08. The second kappa shape index (κ2) is 4.73. The lowest BCUT2D eigenvalue weighted by Crippen LogP contribution is -1.99. The number of rotatable bonds is 2. The van der Waals surface area contributed by atoms with Crippen LogP contribution in [0.2, 0.25) is 5.02 Å². The van der Waals surface area contributed by atoms with Crippen molar-refractivity contribution in [3.63, 3.8) is 0 Å². The monoisotopic (exact) mass is 316 g/mol. The summed E-state index contributed by atoms with van der Waals surface area (Å²) in [6.45, 7) is 2.08. The number of benzene rings is 1. The molecule has 1 aromatic heterocycles. The minimum atomic E-state index is 0.668. The molecule has 0 fully saturated rings. The van der Waals surface area contributed by atoms with E-state index in [2.05, 4.69) is 27.8 Å². The molecule has 1 aromatic carbocycles. The van der Waals surface area contributed by atoms with Crippen molar-refractivity contribution >= 4 is 39.7 Å². The summed E-state index contributed by atoms with van der Waals surface area (Å²) in [6.07, 6.45) is 2.82. The number of nitrogens with zero attached hydrogens (tertiary/aromatic N) is 1. The Hall–Kier alpha value is -0.580. The number of aromatic amines is 1. The number of aromatic nitrogens is 2. The minimum Gasteiger partial charge on any atom is -0.337 e. The van der Waals surface area contributed by atoms with Crippen LogP contribution in [0, 0.1) is 4.77 Å². The van der Waals surface area contributed by atoms with E-state index in [9.17, 15) is 0 Å². The molecular weight excluding hydrogens is 308 g/mol. The first-order valence-corrected chi connectivity index (χ1v) is 6.46. The van der Waals surface area contributed by atoms with Gasteiger partial charge in [0.2, 0.25) is 0 Å². The maximum Gasteiger partial charge on any atom is 0.182 e. The van der Waals surface area contributed by atoms with Crippen molar-refractivity contribution in [2.75, 3.05) is 0 Å². The highest BCUT2D eigenvalue weighted by molar-refractivity contribution is 9.10. The third kappa shape index (κ3) is 2.10. The van der Waals surface area contributed by atoms with Gasteiger partial charge in [0.05, 0.1) is 10.7 Å². The van der Waals surface area contributed by atoms with Crippen LogP contribution in [-0.4, -0.2) is 9.55 Å². The topological polar surface area (TPSA) is 20.7 Å². The average Bonchev–Trinajstić information content (AvgIpc) is 2.60. The first kappa shape index (κ1) is 11.9. The fourth-order valence-corrected chi connectivity index (χ4v) is 2.62. The number of H-pyrrole nitrogens is 1. The van der Waals surface area contributed by atoms with E-state index in [0.717, 1.165) is 22.3 Å². The molecule has 0 radical (unpaired) electrons. The Morgan fingerprint density at radius 3 is 2.88 bits per heavy atom. The van der Waals surface area contributed by atoms with Crippen LogP contribution in [0.25, 0.3) is 5.69 Å². The molecule has 0 bridgehead atoms. The fourth-order valence-electron chi connectivity index (χ4n) is 1.59. The summed E-state index contributed by atoms with van der Waals surface area (Å²) in [5.74, 6) is 0. The molecule has 2 aromatic rings. The van der Waals surface area contributed by atoms with Crippen LogP contribution in [0.1, 0.15) is 12.6 Å². The number of nitrogens with one attached hydrogen (secondary N) is 1. The van der Waals surface area contributed by atoms with Crippen molar-refractivity contribution in [1.29, 1.82) is 0 Å². The molecule has 0 aliphatic carbocycles. The lowest BCUT2D eigenvalue weighted by Gasteiger charge is -2.09. The summed E-state index contributed by atoms with van der Waals surface area (Å²) in [4.78, 5) is 3.04. The van der Waals surface area contributed by atoms with Crippen molar-refractivity contribution in [2.45, 2.75) is 13.3 Å². The molecule has 0 unspecified atom stereocenters. The van der Waals surface area contributed by atoms with Gasteiger partial charge in [-0.1, -0.05) is 34.5 Å². The summed E-state index contributed by atoms with van der Waals surface area (Å²) < 4.78 is 3.59. The van der Waals surface area contributed by atoms with E-state index in [4.69, 9.17) is 23.8 Å². The highest BCUT2D eigenvalue weighted by Crippen LogP contribution is 2.26. The van der Waals surface area contributed by atoms with Crippen LogP contribution < -0.4 is 0 Å². The molecule has 16 heavy (non-hydrogen) atoms. The number of halogens is 2. The lowest BCUT2D eigenvalue weighted by atomic mass is 10.3. The molecule has 0 aliphatic heterocycles. The van der Waals surface area contributed by atoms with Crippen LogP contribution in [0.3, 0.4) is 0 Å². The maximum atomic E-state index is 6.21. The summed E-state index contributed by atoms with van der Waals surface area (Å²) >= 11 is 14.8. The van der Waals surface area contributed by atoms with E-state index in [1.807, 2.05) is 29.0 Å². The average molecular weight is 318 g/mol. The Morgan fingerprint density at radius 1 is 1.50 bits per heavy atom. The fraction of sp³-hybridized carbons (Fsp3) is 0.182. The predicted octanol–water partition coefficient (Wildman–Crippen LogP) is 4.51. The molecule has 1 N–H and O–H groups in total. The minimum absolute atomic E-state index is 0.668. The Labute approximate surface area is 112 Å². The summed E-state index contributed by atoms with van der Waals surface area (Å²) in [7, 11) is 0.